The minimum Gasteiger partial charge on any atom is -0.452 e. The van der Waals surface area contributed by atoms with Crippen LogP contribution in [0.5, 0.6) is 0 Å². The normalized spacial score (nSPS) is 20.8. The zero-order chi connectivity index (χ0) is 9.19. The van der Waals surface area contributed by atoms with Gasteiger partial charge < -0.3 is 4.74 Å². The summed E-state index contributed by atoms with van der Waals surface area (Å²) in [6.07, 6.45) is 6.82. The SMILES string of the molecule is C#CCOC(=O)C1CC(C)(C)C1. The van der Waals surface area contributed by atoms with Crippen molar-refractivity contribution in [2.24, 2.45) is 11.3 Å². The Morgan fingerprint density at radius 2 is 2.25 bits per heavy atom. The van der Waals surface area contributed by atoms with Crippen LogP contribution in [0, 0.1) is 23.7 Å². The van der Waals surface area contributed by atoms with E-state index in [2.05, 4.69) is 19.8 Å². The molecule has 0 aromatic rings. The number of ether oxygens (including phenoxy) is 1. The van der Waals surface area contributed by atoms with Gasteiger partial charge in [0.1, 0.15) is 0 Å². The molecule has 0 aromatic heterocycles. The van der Waals surface area contributed by atoms with E-state index in [-0.39, 0.29) is 18.5 Å². The number of hydrogen-bond donors (Lipinski definition) is 0. The average molecular weight is 166 g/mol. The summed E-state index contributed by atoms with van der Waals surface area (Å²) >= 11 is 0. The quantitative estimate of drug-likeness (QED) is 0.460. The van der Waals surface area contributed by atoms with Crippen LogP contribution in [0.3, 0.4) is 0 Å². The number of rotatable bonds is 2. The van der Waals surface area contributed by atoms with E-state index in [1.807, 2.05) is 0 Å². The van der Waals surface area contributed by atoms with E-state index in [0.717, 1.165) is 12.8 Å². The highest BCUT2D eigenvalue weighted by molar-refractivity contribution is 5.73. The summed E-state index contributed by atoms with van der Waals surface area (Å²) in [6, 6.07) is 0. The lowest BCUT2D eigenvalue weighted by molar-refractivity contribution is -0.154. The Hall–Kier alpha value is -0.970. The van der Waals surface area contributed by atoms with Crippen molar-refractivity contribution in [1.82, 2.24) is 0 Å². The van der Waals surface area contributed by atoms with Gasteiger partial charge in [0.2, 0.25) is 0 Å². The fourth-order valence-electron chi connectivity index (χ4n) is 1.67. The van der Waals surface area contributed by atoms with Crippen LogP contribution in [-0.2, 0) is 9.53 Å². The summed E-state index contributed by atoms with van der Waals surface area (Å²) < 4.78 is 4.81. The summed E-state index contributed by atoms with van der Waals surface area (Å²) in [7, 11) is 0. The fourth-order valence-corrected chi connectivity index (χ4v) is 1.67. The van der Waals surface area contributed by atoms with E-state index in [1.165, 1.54) is 0 Å². The third-order valence-electron chi connectivity index (χ3n) is 2.23. The van der Waals surface area contributed by atoms with Gasteiger partial charge in [-0.25, -0.2) is 0 Å². The summed E-state index contributed by atoms with van der Waals surface area (Å²) in [5.74, 6) is 2.24. The molecule has 0 amide bonds. The monoisotopic (exact) mass is 166 g/mol. The Kier molecular flexibility index (Phi) is 2.42. The van der Waals surface area contributed by atoms with Crippen LogP contribution in [0.2, 0.25) is 0 Å². The summed E-state index contributed by atoms with van der Waals surface area (Å²) in [6.45, 7) is 4.41. The number of carbonyl (C=O) groups excluding carboxylic acids is 1. The average Bonchev–Trinajstić information content (AvgIpc) is 1.95. The fraction of sp³-hybridized carbons (Fsp3) is 0.700. The summed E-state index contributed by atoms with van der Waals surface area (Å²) in [5, 5.41) is 0. The molecular formula is C10H14O2. The molecule has 12 heavy (non-hydrogen) atoms. The maximum absolute atomic E-state index is 11.2. The number of hydrogen-bond acceptors (Lipinski definition) is 2. The second-order valence-electron chi connectivity index (χ2n) is 4.08. The molecule has 66 valence electrons. The lowest BCUT2D eigenvalue weighted by Crippen LogP contribution is -2.37. The standard InChI is InChI=1S/C10H14O2/c1-4-5-12-9(11)8-6-10(2,3)7-8/h1,8H,5-7H2,2-3H3. The minimum absolute atomic E-state index is 0.0911. The molecule has 1 rings (SSSR count). The molecule has 1 aliphatic rings. The molecule has 0 aromatic carbocycles. The van der Waals surface area contributed by atoms with Gasteiger partial charge in [0.05, 0.1) is 5.92 Å². The van der Waals surface area contributed by atoms with Gasteiger partial charge in [-0.15, -0.1) is 6.42 Å². The molecule has 1 aliphatic carbocycles. The molecule has 0 saturated heterocycles. The largest absolute Gasteiger partial charge is 0.452 e. The van der Waals surface area contributed by atoms with Gasteiger partial charge in [-0.05, 0) is 18.3 Å². The van der Waals surface area contributed by atoms with Gasteiger partial charge in [-0.2, -0.15) is 0 Å². The van der Waals surface area contributed by atoms with Crippen LogP contribution >= 0.6 is 0 Å². The molecule has 0 atom stereocenters. The minimum atomic E-state index is -0.132. The number of terminal acetylenes is 1. The molecule has 0 radical (unpaired) electrons. The van der Waals surface area contributed by atoms with Crippen LogP contribution in [0.15, 0.2) is 0 Å². The molecule has 0 bridgehead atoms. The van der Waals surface area contributed by atoms with E-state index in [1.54, 1.807) is 0 Å². The van der Waals surface area contributed by atoms with E-state index in [9.17, 15) is 4.79 Å². The van der Waals surface area contributed by atoms with Crippen LogP contribution < -0.4 is 0 Å². The molecule has 2 nitrogen and oxygen atoms in total. The first-order valence-electron chi connectivity index (χ1n) is 4.15. The Bertz CT molecular complexity index is 214. The van der Waals surface area contributed by atoms with E-state index < -0.39 is 0 Å². The van der Waals surface area contributed by atoms with Crippen molar-refractivity contribution in [2.75, 3.05) is 6.61 Å². The second kappa shape index (κ2) is 3.18. The maximum atomic E-state index is 11.2. The third kappa shape index (κ3) is 2.01. The predicted molar refractivity (Wildman–Crippen MR) is 46.3 cm³/mol. The van der Waals surface area contributed by atoms with E-state index >= 15 is 0 Å². The Morgan fingerprint density at radius 3 is 2.67 bits per heavy atom. The molecular weight excluding hydrogens is 152 g/mol. The Morgan fingerprint density at radius 1 is 1.67 bits per heavy atom. The molecule has 0 unspecified atom stereocenters. The molecule has 1 saturated carbocycles. The van der Waals surface area contributed by atoms with Gasteiger partial charge in [0.15, 0.2) is 6.61 Å². The van der Waals surface area contributed by atoms with Crippen molar-refractivity contribution in [3.05, 3.63) is 0 Å². The van der Waals surface area contributed by atoms with Gasteiger partial charge in [0, 0.05) is 0 Å². The first-order chi connectivity index (χ1) is 5.55. The lowest BCUT2D eigenvalue weighted by atomic mass is 9.64. The molecule has 0 N–H and O–H groups in total. The van der Waals surface area contributed by atoms with E-state index in [4.69, 9.17) is 11.2 Å². The van der Waals surface area contributed by atoms with Crippen molar-refractivity contribution in [3.8, 4) is 12.3 Å². The molecule has 1 fully saturated rings. The first-order valence-corrected chi connectivity index (χ1v) is 4.15. The molecule has 0 aliphatic heterocycles. The smallest absolute Gasteiger partial charge is 0.309 e. The second-order valence-corrected chi connectivity index (χ2v) is 4.08. The highest BCUT2D eigenvalue weighted by Crippen LogP contribution is 2.45. The van der Waals surface area contributed by atoms with Crippen LogP contribution in [0.4, 0.5) is 0 Å². The van der Waals surface area contributed by atoms with Gasteiger partial charge in [0.25, 0.3) is 0 Å². The van der Waals surface area contributed by atoms with Gasteiger partial charge >= 0.3 is 5.97 Å². The molecule has 2 heteroatoms. The topological polar surface area (TPSA) is 26.3 Å². The van der Waals surface area contributed by atoms with Gasteiger partial charge in [-0.3, -0.25) is 4.79 Å². The van der Waals surface area contributed by atoms with Crippen LogP contribution in [0.1, 0.15) is 26.7 Å². The van der Waals surface area contributed by atoms with Crippen molar-refractivity contribution in [1.29, 1.82) is 0 Å². The summed E-state index contributed by atoms with van der Waals surface area (Å²) in [5.41, 5.74) is 0.319. The molecule has 0 spiro atoms. The number of esters is 1. The zero-order valence-corrected chi connectivity index (χ0v) is 7.59. The van der Waals surface area contributed by atoms with Crippen LogP contribution in [0.25, 0.3) is 0 Å². The predicted octanol–water partition coefficient (Wildman–Crippen LogP) is 1.60. The van der Waals surface area contributed by atoms with Crippen molar-refractivity contribution < 1.29 is 9.53 Å². The summed E-state index contributed by atoms with van der Waals surface area (Å²) in [4.78, 5) is 11.2. The third-order valence-corrected chi connectivity index (χ3v) is 2.23. The highest BCUT2D eigenvalue weighted by atomic mass is 16.5. The zero-order valence-electron chi connectivity index (χ0n) is 7.59. The molecule has 0 heterocycles. The lowest BCUT2D eigenvalue weighted by Gasteiger charge is -2.40. The van der Waals surface area contributed by atoms with Crippen molar-refractivity contribution in [2.45, 2.75) is 26.7 Å². The van der Waals surface area contributed by atoms with Crippen LogP contribution in [-0.4, -0.2) is 12.6 Å². The Balaban J connectivity index is 2.25. The number of carbonyl (C=O) groups is 1. The first kappa shape index (κ1) is 9.12. The van der Waals surface area contributed by atoms with Gasteiger partial charge in [-0.1, -0.05) is 19.8 Å². The van der Waals surface area contributed by atoms with Crippen molar-refractivity contribution >= 4 is 5.97 Å². The maximum Gasteiger partial charge on any atom is 0.309 e. The van der Waals surface area contributed by atoms with E-state index in [0.29, 0.717) is 5.41 Å². The highest BCUT2D eigenvalue weighted by Gasteiger charge is 2.41. The Labute approximate surface area is 73.3 Å². The van der Waals surface area contributed by atoms with Crippen molar-refractivity contribution in [3.63, 3.8) is 0 Å².